The number of rotatable bonds is 4. The second-order valence-corrected chi connectivity index (χ2v) is 13.1. The third-order valence-electron chi connectivity index (χ3n) is 8.35. The van der Waals surface area contributed by atoms with Crippen LogP contribution in [0.1, 0.15) is 77.3 Å². The van der Waals surface area contributed by atoms with Crippen molar-refractivity contribution in [2.45, 2.75) is 75.2 Å². The Labute approximate surface area is 194 Å². The largest absolute Gasteiger partial charge is 0.342 e. The fourth-order valence-electron chi connectivity index (χ4n) is 6.81. The maximum absolute atomic E-state index is 13.6. The van der Waals surface area contributed by atoms with Crippen LogP contribution in [0.5, 0.6) is 0 Å². The van der Waals surface area contributed by atoms with Crippen LogP contribution in [-0.2, 0) is 9.59 Å². The van der Waals surface area contributed by atoms with Gasteiger partial charge < -0.3 is 10.1 Å². The molecule has 6 atom stereocenters. The van der Waals surface area contributed by atoms with Crippen LogP contribution in [0.2, 0.25) is 0 Å². The Balaban J connectivity index is 1.60. The lowest BCUT2D eigenvalue weighted by molar-refractivity contribution is -0.143. The number of benzene rings is 1. The summed E-state index contributed by atoms with van der Waals surface area (Å²) >= 11 is 2.63. The molecular weight excluding hydrogens is 485 g/mol. The van der Waals surface area contributed by atoms with Gasteiger partial charge in [0.05, 0.1) is 5.41 Å². The predicted octanol–water partition coefficient (Wildman–Crippen LogP) is 6.18. The van der Waals surface area contributed by atoms with Crippen molar-refractivity contribution in [1.82, 2.24) is 5.32 Å². The number of carbonyl (C=O) groups is 2. The lowest BCUT2D eigenvalue weighted by Crippen LogP contribution is -2.56. The molecule has 2 unspecified atom stereocenters. The third-order valence-corrected chi connectivity index (χ3v) is 9.23. The second-order valence-electron chi connectivity index (χ2n) is 10.5. The molecule has 0 bridgehead atoms. The summed E-state index contributed by atoms with van der Waals surface area (Å²) in [4.78, 5) is 25.4. The fourth-order valence-corrected chi connectivity index (χ4v) is 7.56. The summed E-state index contributed by atoms with van der Waals surface area (Å²) in [5.74, 6) is 1.05. The summed E-state index contributed by atoms with van der Waals surface area (Å²) < 4.78 is 0.358. The minimum atomic E-state index is -0.575. The quantitative estimate of drug-likeness (QED) is 0.224. The predicted molar refractivity (Wildman–Crippen MR) is 129 cm³/mol. The van der Waals surface area contributed by atoms with Gasteiger partial charge in [-0.3, -0.25) is 4.79 Å². The van der Waals surface area contributed by atoms with E-state index in [2.05, 4.69) is 54.8 Å². The summed E-state index contributed by atoms with van der Waals surface area (Å²) in [5, 5.41) is 3.10. The van der Waals surface area contributed by atoms with Crippen molar-refractivity contribution in [1.29, 1.82) is 0 Å². The van der Waals surface area contributed by atoms with E-state index in [1.165, 1.54) is 19.3 Å². The molecule has 1 aromatic carbocycles. The molecule has 4 heteroatoms. The van der Waals surface area contributed by atoms with Crippen LogP contribution in [0.3, 0.4) is 0 Å². The van der Waals surface area contributed by atoms with Crippen LogP contribution in [0.15, 0.2) is 42.0 Å². The van der Waals surface area contributed by atoms with E-state index in [4.69, 9.17) is 0 Å². The van der Waals surface area contributed by atoms with Crippen LogP contribution in [0.25, 0.3) is 0 Å². The number of fused-ring (bicyclic) bond motifs is 3. The minimum absolute atomic E-state index is 0.0490. The van der Waals surface area contributed by atoms with Crippen molar-refractivity contribution >= 4 is 34.8 Å². The fraction of sp³-hybridized carbons (Fsp3) is 0.615. The number of amides is 1. The summed E-state index contributed by atoms with van der Waals surface area (Å²) in [7, 11) is 0. The first kappa shape index (κ1) is 22.0. The van der Waals surface area contributed by atoms with E-state index in [1.807, 2.05) is 30.3 Å². The zero-order chi connectivity index (χ0) is 21.6. The summed E-state index contributed by atoms with van der Waals surface area (Å²) in [6, 6.07) is 8.99. The lowest BCUT2D eigenvalue weighted by Gasteiger charge is -2.58. The average molecular weight is 519 g/mol. The van der Waals surface area contributed by atoms with Gasteiger partial charge in [-0.2, -0.15) is 0 Å². The van der Waals surface area contributed by atoms with Crippen LogP contribution < -0.4 is 5.32 Å². The lowest BCUT2D eigenvalue weighted by atomic mass is 9.46. The number of alkyl halides is 1. The Morgan fingerprint density at radius 3 is 2.60 bits per heavy atom. The van der Waals surface area contributed by atoms with Crippen molar-refractivity contribution in [2.24, 2.45) is 22.7 Å². The highest BCUT2D eigenvalue weighted by Crippen LogP contribution is 2.63. The van der Waals surface area contributed by atoms with Gasteiger partial charge in [0.2, 0.25) is 5.91 Å². The Bertz CT molecular complexity index is 848. The maximum atomic E-state index is 13.6. The monoisotopic (exact) mass is 519 g/mol. The molecule has 1 aromatic rings. The molecule has 1 N–H and O–H groups in total. The van der Waals surface area contributed by atoms with Gasteiger partial charge in [0.1, 0.15) is 12.3 Å². The van der Waals surface area contributed by atoms with E-state index < -0.39 is 11.5 Å². The summed E-state index contributed by atoms with van der Waals surface area (Å²) in [6.07, 6.45) is 11.2. The van der Waals surface area contributed by atoms with Gasteiger partial charge in [-0.15, -0.1) is 0 Å². The summed E-state index contributed by atoms with van der Waals surface area (Å²) in [6.45, 7) is 6.95. The number of hydrogen-bond acceptors (Lipinski definition) is 2. The van der Waals surface area contributed by atoms with E-state index in [0.29, 0.717) is 15.3 Å². The van der Waals surface area contributed by atoms with Crippen molar-refractivity contribution in [3.05, 3.63) is 47.5 Å². The molecule has 30 heavy (non-hydrogen) atoms. The van der Waals surface area contributed by atoms with Crippen molar-refractivity contribution < 1.29 is 9.59 Å². The Morgan fingerprint density at radius 2 is 1.90 bits per heavy atom. The van der Waals surface area contributed by atoms with Crippen LogP contribution in [0.4, 0.5) is 0 Å². The molecule has 0 aliphatic heterocycles. The Hall–Kier alpha value is -1.17. The highest BCUT2D eigenvalue weighted by atomic mass is 127. The Morgan fingerprint density at radius 1 is 1.17 bits per heavy atom. The molecule has 0 heterocycles. The molecule has 162 valence electrons. The van der Waals surface area contributed by atoms with Crippen molar-refractivity contribution in [3.8, 4) is 0 Å². The molecule has 0 saturated heterocycles. The molecule has 2 fully saturated rings. The number of carbonyl (C=O) groups excluding carboxylic acids is 2. The molecule has 0 spiro atoms. The SMILES string of the molecule is C[C@]1(I)CC=C2C(CCC3[C@](C)(C(=O)N[C@H](C=O)c4ccccc4)CCC[C@@]23C)C1. The number of halogens is 1. The van der Waals surface area contributed by atoms with Crippen LogP contribution in [0, 0.1) is 22.7 Å². The highest BCUT2D eigenvalue weighted by molar-refractivity contribution is 14.1. The van der Waals surface area contributed by atoms with Gasteiger partial charge in [-0.25, -0.2) is 0 Å². The van der Waals surface area contributed by atoms with Gasteiger partial charge in [0.15, 0.2) is 0 Å². The minimum Gasteiger partial charge on any atom is -0.342 e. The standard InChI is InChI=1S/C26H34INO2/c1-24(27)15-12-20-19(16-24)10-11-22-25(20,2)13-7-14-26(22,3)23(30)28-21(17-29)18-8-5-4-6-9-18/h4-6,8-9,12,17,19,21-22H,7,10-11,13-16H2,1-3H3,(H,28,30)/t19?,21-,22?,24+,25+,26-/m1/s1. The van der Waals surface area contributed by atoms with Gasteiger partial charge in [-0.1, -0.05) is 91.8 Å². The first-order chi connectivity index (χ1) is 14.2. The van der Waals surface area contributed by atoms with Crippen molar-refractivity contribution in [2.75, 3.05) is 0 Å². The number of aldehydes is 1. The van der Waals surface area contributed by atoms with Crippen molar-refractivity contribution in [3.63, 3.8) is 0 Å². The third kappa shape index (κ3) is 3.78. The van der Waals surface area contributed by atoms with E-state index in [-0.39, 0.29) is 11.3 Å². The van der Waals surface area contributed by atoms with Gasteiger partial charge in [0.25, 0.3) is 0 Å². The van der Waals surface area contributed by atoms with E-state index in [0.717, 1.165) is 37.5 Å². The van der Waals surface area contributed by atoms with Gasteiger partial charge in [0, 0.05) is 3.42 Å². The smallest absolute Gasteiger partial charge is 0.227 e. The normalized spacial score (nSPS) is 39.1. The molecule has 3 aliphatic rings. The molecule has 1 amide bonds. The van der Waals surface area contributed by atoms with Crippen LogP contribution >= 0.6 is 22.6 Å². The topological polar surface area (TPSA) is 46.2 Å². The molecular formula is C26H34INO2. The first-order valence-corrected chi connectivity index (χ1v) is 12.5. The van der Waals surface area contributed by atoms with Gasteiger partial charge >= 0.3 is 0 Å². The molecule has 2 saturated carbocycles. The molecule has 3 nitrogen and oxygen atoms in total. The van der Waals surface area contributed by atoms with E-state index >= 15 is 0 Å². The van der Waals surface area contributed by atoms with E-state index in [9.17, 15) is 9.59 Å². The average Bonchev–Trinajstić information content (AvgIpc) is 2.71. The van der Waals surface area contributed by atoms with Gasteiger partial charge in [-0.05, 0) is 61.3 Å². The number of hydrogen-bond donors (Lipinski definition) is 1. The number of nitrogens with one attached hydrogen (secondary N) is 1. The molecule has 0 aromatic heterocycles. The number of allylic oxidation sites excluding steroid dienone is 2. The van der Waals surface area contributed by atoms with Crippen LogP contribution in [-0.4, -0.2) is 15.6 Å². The molecule has 4 rings (SSSR count). The summed E-state index contributed by atoms with van der Waals surface area (Å²) in [5.41, 5.74) is 2.15. The molecule has 0 radical (unpaired) electrons. The Kier molecular flexibility index (Phi) is 5.93. The zero-order valence-corrected chi connectivity index (χ0v) is 20.6. The zero-order valence-electron chi connectivity index (χ0n) is 18.4. The highest BCUT2D eigenvalue weighted by Gasteiger charge is 2.57. The van der Waals surface area contributed by atoms with E-state index in [1.54, 1.807) is 5.57 Å². The first-order valence-electron chi connectivity index (χ1n) is 11.4. The molecule has 3 aliphatic carbocycles. The second kappa shape index (κ2) is 8.07. The maximum Gasteiger partial charge on any atom is 0.227 e.